The third kappa shape index (κ3) is 5.36. The third-order valence-electron chi connectivity index (χ3n) is 6.37. The summed E-state index contributed by atoms with van der Waals surface area (Å²) in [6.07, 6.45) is 2.76. The number of esters is 1. The van der Waals surface area contributed by atoms with E-state index in [9.17, 15) is 13.2 Å². The lowest BCUT2D eigenvalue weighted by Gasteiger charge is -2.27. The predicted octanol–water partition coefficient (Wildman–Crippen LogP) is 4.69. The van der Waals surface area contributed by atoms with Gasteiger partial charge in [0.15, 0.2) is 5.11 Å². The summed E-state index contributed by atoms with van der Waals surface area (Å²) in [6, 6.07) is 20.4. The lowest BCUT2D eigenvalue weighted by atomic mass is 10.0. The fraction of sp³-hybridized carbons (Fsp3) is 0.179. The molecule has 0 amide bonds. The third-order valence-corrected chi connectivity index (χ3v) is 7.28. The van der Waals surface area contributed by atoms with E-state index in [1.165, 1.54) is 14.2 Å². The van der Waals surface area contributed by atoms with Crippen molar-refractivity contribution in [3.8, 4) is 17.1 Å². The lowest BCUT2D eigenvalue weighted by molar-refractivity contribution is 0.0601. The van der Waals surface area contributed by atoms with Gasteiger partial charge in [-0.2, -0.15) is 0 Å². The number of nitrogens with one attached hydrogen (secondary N) is 2. The smallest absolute Gasteiger partial charge is 0.338 e. The van der Waals surface area contributed by atoms with Crippen molar-refractivity contribution in [1.82, 2.24) is 10.3 Å². The molecule has 1 saturated heterocycles. The van der Waals surface area contributed by atoms with Gasteiger partial charge in [0.2, 0.25) is 10.0 Å². The van der Waals surface area contributed by atoms with Crippen LogP contribution in [-0.4, -0.2) is 45.0 Å². The molecule has 3 heterocycles. The Morgan fingerprint density at radius 3 is 2.55 bits per heavy atom. The number of anilines is 2. The minimum atomic E-state index is -3.59. The van der Waals surface area contributed by atoms with E-state index in [1.54, 1.807) is 48.7 Å². The highest BCUT2D eigenvalue weighted by atomic mass is 32.2. The van der Waals surface area contributed by atoms with Crippen LogP contribution in [0.15, 0.2) is 83.4 Å². The van der Waals surface area contributed by atoms with E-state index >= 15 is 0 Å². The van der Waals surface area contributed by atoms with Gasteiger partial charge in [-0.25, -0.2) is 13.2 Å². The molecular weight excluding hydrogens is 552 g/mol. The van der Waals surface area contributed by atoms with E-state index in [2.05, 4.69) is 15.0 Å². The normalized spacial score (nSPS) is 16.9. The van der Waals surface area contributed by atoms with E-state index < -0.39 is 28.1 Å². The average Bonchev–Trinajstić information content (AvgIpc) is 3.56. The molecule has 1 aliphatic rings. The van der Waals surface area contributed by atoms with Crippen molar-refractivity contribution in [3.05, 3.63) is 96.0 Å². The van der Waals surface area contributed by atoms with Crippen LogP contribution >= 0.6 is 12.2 Å². The van der Waals surface area contributed by atoms with E-state index in [4.69, 9.17) is 26.1 Å². The maximum atomic E-state index is 12.4. The van der Waals surface area contributed by atoms with Crippen molar-refractivity contribution in [1.29, 1.82) is 0 Å². The maximum Gasteiger partial charge on any atom is 0.338 e. The van der Waals surface area contributed by atoms with Crippen LogP contribution in [0.25, 0.3) is 11.3 Å². The van der Waals surface area contributed by atoms with Gasteiger partial charge < -0.3 is 24.1 Å². The summed E-state index contributed by atoms with van der Waals surface area (Å²) in [7, 11) is -0.799. The van der Waals surface area contributed by atoms with Crippen LogP contribution < -0.4 is 19.7 Å². The number of nitrogens with zero attached hydrogens (tertiary/aromatic N) is 2. The maximum absolute atomic E-state index is 12.4. The molecule has 0 bridgehead atoms. The van der Waals surface area contributed by atoms with Gasteiger partial charge >= 0.3 is 5.97 Å². The first-order chi connectivity index (χ1) is 19.2. The number of ether oxygens (including phenoxy) is 2. The summed E-state index contributed by atoms with van der Waals surface area (Å²) in [4.78, 5) is 18.8. The molecule has 4 aromatic rings. The number of thiocarbonyl (C=S) groups is 1. The van der Waals surface area contributed by atoms with Crippen LogP contribution in [0.5, 0.6) is 5.75 Å². The van der Waals surface area contributed by atoms with Crippen molar-refractivity contribution in [3.63, 3.8) is 0 Å². The van der Waals surface area contributed by atoms with Gasteiger partial charge in [-0.05, 0) is 60.7 Å². The van der Waals surface area contributed by atoms with Gasteiger partial charge in [0, 0.05) is 17.4 Å². The first-order valence-corrected chi connectivity index (χ1v) is 14.4. The average molecular weight is 579 g/mol. The second-order valence-corrected chi connectivity index (χ2v) is 11.1. The monoisotopic (exact) mass is 578 g/mol. The van der Waals surface area contributed by atoms with Crippen molar-refractivity contribution in [2.24, 2.45) is 0 Å². The van der Waals surface area contributed by atoms with Gasteiger partial charge in [-0.15, -0.1) is 0 Å². The molecule has 40 heavy (non-hydrogen) atoms. The zero-order valence-electron chi connectivity index (χ0n) is 21.8. The Morgan fingerprint density at radius 1 is 1.07 bits per heavy atom. The van der Waals surface area contributed by atoms with Crippen LogP contribution in [-0.2, 0) is 14.8 Å². The molecular formula is C28H26N4O6S2. The number of furan rings is 1. The molecule has 1 aliphatic heterocycles. The van der Waals surface area contributed by atoms with Crippen LogP contribution in [0.2, 0.25) is 0 Å². The molecule has 0 spiro atoms. The van der Waals surface area contributed by atoms with Gasteiger partial charge in [0.05, 0.1) is 43.5 Å². The van der Waals surface area contributed by atoms with E-state index in [-0.39, 0.29) is 5.69 Å². The molecule has 0 saturated carbocycles. The topological polar surface area (TPSA) is 123 Å². The number of rotatable bonds is 8. The van der Waals surface area contributed by atoms with Crippen LogP contribution in [0.1, 0.15) is 33.9 Å². The molecule has 0 aliphatic carbocycles. The van der Waals surface area contributed by atoms with Gasteiger partial charge in [-0.1, -0.05) is 24.3 Å². The number of aromatic nitrogens is 1. The van der Waals surface area contributed by atoms with E-state index in [0.717, 1.165) is 11.9 Å². The van der Waals surface area contributed by atoms with Crippen LogP contribution in [0.3, 0.4) is 0 Å². The Balaban J connectivity index is 1.63. The van der Waals surface area contributed by atoms with E-state index in [1.807, 2.05) is 35.2 Å². The van der Waals surface area contributed by atoms with Gasteiger partial charge in [0.1, 0.15) is 23.3 Å². The minimum absolute atomic E-state index is 0.262. The molecule has 2 aromatic heterocycles. The highest BCUT2D eigenvalue weighted by molar-refractivity contribution is 7.92. The Hall–Kier alpha value is -4.42. The minimum Gasteiger partial charge on any atom is -0.495 e. The highest BCUT2D eigenvalue weighted by Gasteiger charge is 2.43. The van der Waals surface area contributed by atoms with Crippen molar-refractivity contribution in [2.75, 3.05) is 30.1 Å². The number of hydrogen-bond acceptors (Lipinski definition) is 8. The Kier molecular flexibility index (Phi) is 7.46. The van der Waals surface area contributed by atoms with Crippen molar-refractivity contribution >= 4 is 44.7 Å². The number of carbonyl (C=O) groups is 1. The number of methoxy groups -OCH3 is 2. The predicted molar refractivity (Wildman–Crippen MR) is 155 cm³/mol. The number of pyridine rings is 1. The Bertz CT molecular complexity index is 1670. The molecule has 0 unspecified atom stereocenters. The first kappa shape index (κ1) is 27.2. The molecule has 0 radical (unpaired) electrons. The molecule has 206 valence electrons. The largest absolute Gasteiger partial charge is 0.495 e. The fourth-order valence-corrected chi connectivity index (χ4v) is 5.59. The van der Waals surface area contributed by atoms with Crippen LogP contribution in [0, 0.1) is 0 Å². The molecule has 2 atom stereocenters. The zero-order valence-corrected chi connectivity index (χ0v) is 23.5. The van der Waals surface area contributed by atoms with Crippen molar-refractivity contribution < 1.29 is 27.1 Å². The number of carbonyl (C=O) groups excluding carboxylic acids is 1. The lowest BCUT2D eigenvalue weighted by Crippen LogP contribution is -2.29. The SMILES string of the molecule is COC(=O)c1ccccc1-c1ccc([C@H]2[C@@H](c3ccccn3)NC(=S)N2c2ccc(OC)c(NS(C)(=O)=O)c2)o1. The second kappa shape index (κ2) is 11.0. The summed E-state index contributed by atoms with van der Waals surface area (Å²) in [5.74, 6) is 0.896. The molecule has 12 heteroatoms. The summed E-state index contributed by atoms with van der Waals surface area (Å²) >= 11 is 5.78. The molecule has 1 fully saturated rings. The Labute approximate surface area is 237 Å². The molecule has 5 rings (SSSR count). The van der Waals surface area contributed by atoms with Crippen LogP contribution in [0.4, 0.5) is 11.4 Å². The van der Waals surface area contributed by atoms with Crippen molar-refractivity contribution in [2.45, 2.75) is 12.1 Å². The Morgan fingerprint density at radius 2 is 1.85 bits per heavy atom. The summed E-state index contributed by atoms with van der Waals surface area (Å²) in [5.41, 5.74) is 2.54. The quantitative estimate of drug-likeness (QED) is 0.225. The summed E-state index contributed by atoms with van der Waals surface area (Å²) in [6.45, 7) is 0. The zero-order chi connectivity index (χ0) is 28.4. The summed E-state index contributed by atoms with van der Waals surface area (Å²) in [5, 5.41) is 3.73. The molecule has 2 aromatic carbocycles. The first-order valence-electron chi connectivity index (χ1n) is 12.1. The standard InChI is InChI=1S/C28H26N4O6S2/c1-36-23-12-11-17(16-21(23)31-40(3,34)35)32-26(25(30-28(32)39)20-10-6-7-15-29-20)24-14-13-22(38-24)18-8-4-5-9-19(18)27(33)37-2/h4-16,25-26,31H,1-3H3,(H,30,39)/t25-,26+/m1/s1. The number of benzene rings is 2. The molecule has 2 N–H and O–H groups in total. The molecule has 10 nitrogen and oxygen atoms in total. The van der Waals surface area contributed by atoms with Gasteiger partial charge in [-0.3, -0.25) is 9.71 Å². The van der Waals surface area contributed by atoms with E-state index in [0.29, 0.717) is 39.2 Å². The number of hydrogen-bond donors (Lipinski definition) is 2. The highest BCUT2D eigenvalue weighted by Crippen LogP contribution is 2.44. The fourth-order valence-electron chi connectivity index (χ4n) is 4.69. The van der Waals surface area contributed by atoms with Gasteiger partial charge in [0.25, 0.3) is 0 Å². The summed E-state index contributed by atoms with van der Waals surface area (Å²) < 4.78 is 43.3. The second-order valence-electron chi connectivity index (χ2n) is 8.99. The number of sulfonamides is 1.